The Morgan fingerprint density at radius 1 is 1.09 bits per heavy atom. The Labute approximate surface area is 198 Å². The van der Waals surface area contributed by atoms with E-state index in [-0.39, 0.29) is 11.5 Å². The number of anilines is 2. The van der Waals surface area contributed by atoms with Crippen molar-refractivity contribution in [3.63, 3.8) is 0 Å². The largest absolute Gasteiger partial charge is 0.503 e. The van der Waals surface area contributed by atoms with E-state index in [9.17, 15) is 14.7 Å². The van der Waals surface area contributed by atoms with E-state index in [1.807, 2.05) is 0 Å². The van der Waals surface area contributed by atoms with Crippen molar-refractivity contribution in [2.75, 3.05) is 19.1 Å². The quantitative estimate of drug-likeness (QED) is 0.392. The first-order valence-electron chi connectivity index (χ1n) is 9.65. The highest BCUT2D eigenvalue weighted by Crippen LogP contribution is 2.56. The van der Waals surface area contributed by atoms with Crippen molar-refractivity contribution in [1.82, 2.24) is 0 Å². The molecule has 0 bridgehead atoms. The molecule has 10 heteroatoms. The molecule has 1 heterocycles. The van der Waals surface area contributed by atoms with E-state index < -0.39 is 23.8 Å². The number of halogens is 1. The van der Waals surface area contributed by atoms with Gasteiger partial charge in [-0.15, -0.1) is 0 Å². The summed E-state index contributed by atoms with van der Waals surface area (Å²) in [4.78, 5) is 28.1. The van der Waals surface area contributed by atoms with E-state index in [1.54, 1.807) is 52.1 Å². The maximum Gasteiger partial charge on any atom is 0.422 e. The zero-order valence-corrected chi connectivity index (χ0v) is 20.9. The highest BCUT2D eigenvalue weighted by atomic mass is 79.9. The number of carbonyl (C=O) groups is 2. The summed E-state index contributed by atoms with van der Waals surface area (Å²) in [5.74, 6) is 0.199. The van der Waals surface area contributed by atoms with Crippen LogP contribution in [-0.4, -0.2) is 37.7 Å². The number of esters is 1. The second kappa shape index (κ2) is 9.11. The second-order valence-electron chi connectivity index (χ2n) is 7.97. The van der Waals surface area contributed by atoms with Crippen LogP contribution in [0.3, 0.4) is 0 Å². The van der Waals surface area contributed by atoms with Gasteiger partial charge in [0.25, 0.3) is 0 Å². The van der Waals surface area contributed by atoms with E-state index in [0.717, 1.165) is 0 Å². The van der Waals surface area contributed by atoms with Crippen molar-refractivity contribution >= 4 is 51.1 Å². The SMILES string of the molecule is COc1ccc2c(c1)Sc1c(cc(OC)c(O)c1Br)N2C(=O)OC(C)OC(=O)C(C)(C)C. The maximum absolute atomic E-state index is 13.3. The van der Waals surface area contributed by atoms with Gasteiger partial charge in [-0.2, -0.15) is 0 Å². The summed E-state index contributed by atoms with van der Waals surface area (Å²) in [6.45, 7) is 6.61. The second-order valence-corrected chi connectivity index (χ2v) is 9.81. The number of methoxy groups -OCH3 is 2. The molecule has 1 aliphatic heterocycles. The van der Waals surface area contributed by atoms with Crippen LogP contribution < -0.4 is 14.4 Å². The summed E-state index contributed by atoms with van der Waals surface area (Å²) >= 11 is 4.75. The molecule has 172 valence electrons. The van der Waals surface area contributed by atoms with E-state index in [2.05, 4.69) is 15.9 Å². The number of rotatable bonds is 4. The van der Waals surface area contributed by atoms with E-state index in [4.69, 9.17) is 18.9 Å². The first kappa shape index (κ1) is 24.1. The van der Waals surface area contributed by atoms with Crippen molar-refractivity contribution in [1.29, 1.82) is 0 Å². The van der Waals surface area contributed by atoms with Crippen LogP contribution in [0, 0.1) is 5.41 Å². The van der Waals surface area contributed by atoms with Gasteiger partial charge in [0, 0.05) is 17.9 Å². The topological polar surface area (TPSA) is 94.5 Å². The molecule has 2 aromatic carbocycles. The Morgan fingerprint density at radius 2 is 1.78 bits per heavy atom. The fourth-order valence-electron chi connectivity index (χ4n) is 2.88. The fraction of sp³-hybridized carbons (Fsp3) is 0.364. The number of carbonyl (C=O) groups excluding carboxylic acids is 2. The number of aromatic hydroxyl groups is 1. The highest BCUT2D eigenvalue weighted by molar-refractivity contribution is 9.10. The van der Waals surface area contributed by atoms with Gasteiger partial charge in [-0.1, -0.05) is 11.8 Å². The fourth-order valence-corrected chi connectivity index (χ4v) is 4.62. The summed E-state index contributed by atoms with van der Waals surface area (Å²) < 4.78 is 21.7. The number of benzene rings is 2. The van der Waals surface area contributed by atoms with Crippen LogP contribution in [0.15, 0.2) is 38.5 Å². The lowest BCUT2D eigenvalue weighted by Gasteiger charge is -2.32. The normalized spacial score (nSPS) is 13.5. The summed E-state index contributed by atoms with van der Waals surface area (Å²) in [6.07, 6.45) is -1.87. The van der Waals surface area contributed by atoms with Gasteiger partial charge in [-0.05, 0) is 54.9 Å². The first-order valence-corrected chi connectivity index (χ1v) is 11.3. The number of hydrogen-bond donors (Lipinski definition) is 1. The Balaban J connectivity index is 2.03. The van der Waals surface area contributed by atoms with Crippen molar-refractivity contribution in [2.24, 2.45) is 5.41 Å². The van der Waals surface area contributed by atoms with Crippen molar-refractivity contribution < 1.29 is 33.6 Å². The number of amides is 1. The van der Waals surface area contributed by atoms with Gasteiger partial charge in [0.2, 0.25) is 6.29 Å². The van der Waals surface area contributed by atoms with Gasteiger partial charge >= 0.3 is 12.1 Å². The van der Waals surface area contributed by atoms with Gasteiger partial charge in [-0.3, -0.25) is 4.79 Å². The van der Waals surface area contributed by atoms with Gasteiger partial charge in [0.05, 0.1) is 40.4 Å². The number of nitrogens with zero attached hydrogens (tertiary/aromatic N) is 1. The summed E-state index contributed by atoms with van der Waals surface area (Å²) in [6, 6.07) is 6.77. The minimum absolute atomic E-state index is 0.0918. The van der Waals surface area contributed by atoms with Crippen molar-refractivity contribution in [3.05, 3.63) is 28.7 Å². The maximum atomic E-state index is 13.3. The minimum atomic E-state index is -1.11. The number of phenols is 1. The molecule has 0 aromatic heterocycles. The summed E-state index contributed by atoms with van der Waals surface area (Å²) in [7, 11) is 2.96. The van der Waals surface area contributed by atoms with E-state index in [0.29, 0.717) is 31.4 Å². The van der Waals surface area contributed by atoms with Crippen LogP contribution in [0.2, 0.25) is 0 Å². The third kappa shape index (κ3) is 4.61. The van der Waals surface area contributed by atoms with Gasteiger partial charge in [0.15, 0.2) is 11.5 Å². The van der Waals surface area contributed by atoms with Gasteiger partial charge in [-0.25, -0.2) is 9.69 Å². The molecule has 1 N–H and O–H groups in total. The average Bonchev–Trinajstić information content (AvgIpc) is 2.73. The number of fused-ring (bicyclic) bond motifs is 2. The molecule has 0 aliphatic carbocycles. The summed E-state index contributed by atoms with van der Waals surface area (Å²) in [5.41, 5.74) is 0.240. The predicted octanol–water partition coefficient (Wildman–Crippen LogP) is 5.85. The standard InChI is InChI=1S/C22H24BrNO7S/c1-11(30-20(26)22(2,3)4)31-21(27)24-13-8-7-12(28-5)9-16(13)32-19-14(24)10-15(29-6)18(25)17(19)23/h7-11,25H,1-6H3. The van der Waals surface area contributed by atoms with Crippen molar-refractivity contribution in [2.45, 2.75) is 43.8 Å². The smallest absolute Gasteiger partial charge is 0.422 e. The molecule has 0 spiro atoms. The number of hydrogen-bond acceptors (Lipinski definition) is 8. The van der Waals surface area contributed by atoms with Gasteiger partial charge < -0.3 is 24.1 Å². The zero-order valence-electron chi connectivity index (χ0n) is 18.5. The third-order valence-electron chi connectivity index (χ3n) is 4.56. The number of ether oxygens (including phenoxy) is 4. The van der Waals surface area contributed by atoms with E-state index in [1.165, 1.54) is 30.7 Å². The molecule has 1 unspecified atom stereocenters. The first-order chi connectivity index (χ1) is 15.0. The molecule has 1 aliphatic rings. The van der Waals surface area contributed by atoms with Crippen LogP contribution >= 0.6 is 27.7 Å². The number of phenolic OH excluding ortho intramolecular Hbond substituents is 1. The lowest BCUT2D eigenvalue weighted by atomic mass is 9.97. The molecule has 8 nitrogen and oxygen atoms in total. The molecular weight excluding hydrogens is 502 g/mol. The van der Waals surface area contributed by atoms with Crippen LogP contribution in [0.4, 0.5) is 16.2 Å². The Kier molecular flexibility index (Phi) is 6.85. The molecular formula is C22H24BrNO7S. The molecule has 0 fully saturated rings. The molecule has 0 radical (unpaired) electrons. The van der Waals surface area contributed by atoms with Crippen LogP contribution in [0.5, 0.6) is 17.2 Å². The molecule has 0 saturated carbocycles. The van der Waals surface area contributed by atoms with Gasteiger partial charge in [0.1, 0.15) is 5.75 Å². The molecule has 0 saturated heterocycles. The predicted molar refractivity (Wildman–Crippen MR) is 123 cm³/mol. The van der Waals surface area contributed by atoms with Crippen LogP contribution in [-0.2, 0) is 14.3 Å². The summed E-state index contributed by atoms with van der Waals surface area (Å²) in [5, 5.41) is 10.4. The highest BCUT2D eigenvalue weighted by Gasteiger charge is 2.35. The Bertz CT molecular complexity index is 1070. The third-order valence-corrected chi connectivity index (χ3v) is 6.76. The zero-order chi connectivity index (χ0) is 23.8. The molecule has 3 rings (SSSR count). The Morgan fingerprint density at radius 3 is 2.38 bits per heavy atom. The average molecular weight is 526 g/mol. The molecule has 2 aromatic rings. The minimum Gasteiger partial charge on any atom is -0.503 e. The Hall–Kier alpha value is -2.59. The van der Waals surface area contributed by atoms with Crippen LogP contribution in [0.25, 0.3) is 0 Å². The molecule has 1 atom stereocenters. The van der Waals surface area contributed by atoms with E-state index >= 15 is 0 Å². The van der Waals surface area contributed by atoms with Crippen molar-refractivity contribution in [3.8, 4) is 17.2 Å². The lowest BCUT2D eigenvalue weighted by Crippen LogP contribution is -2.35. The molecule has 1 amide bonds. The molecule has 32 heavy (non-hydrogen) atoms. The lowest BCUT2D eigenvalue weighted by molar-refractivity contribution is -0.174. The monoisotopic (exact) mass is 525 g/mol. The van der Waals surface area contributed by atoms with Crippen LogP contribution in [0.1, 0.15) is 27.7 Å².